The first-order valence-corrected chi connectivity index (χ1v) is 6.23. The quantitative estimate of drug-likeness (QED) is 0.728. The Morgan fingerprint density at radius 1 is 1.65 bits per heavy atom. The summed E-state index contributed by atoms with van der Waals surface area (Å²) in [5.41, 5.74) is 7.16. The first-order valence-electron chi connectivity index (χ1n) is 6.23. The normalized spacial score (nSPS) is 18.2. The lowest BCUT2D eigenvalue weighted by atomic mass is 9.98. The second-order valence-corrected chi connectivity index (χ2v) is 4.77. The maximum absolute atomic E-state index is 12.0. The van der Waals surface area contributed by atoms with Crippen LogP contribution in [0.15, 0.2) is 6.20 Å². The molecule has 0 spiro atoms. The number of nitrogens with zero attached hydrogens (tertiary/aromatic N) is 1. The Hall–Kier alpha value is -1.36. The number of carbonyl (C=O) groups is 1. The van der Waals surface area contributed by atoms with Crippen molar-refractivity contribution in [1.29, 1.82) is 0 Å². The molecule has 0 radical (unpaired) electrons. The van der Waals surface area contributed by atoms with Gasteiger partial charge in [0.2, 0.25) is 0 Å². The number of aryl methyl sites for hydroxylation is 1. The lowest BCUT2D eigenvalue weighted by Crippen LogP contribution is -2.44. The molecule has 1 aromatic heterocycles. The summed E-state index contributed by atoms with van der Waals surface area (Å²) >= 11 is 0. The highest BCUT2D eigenvalue weighted by Gasteiger charge is 2.26. The van der Waals surface area contributed by atoms with E-state index in [1.54, 1.807) is 6.20 Å². The smallest absolute Gasteiger partial charge is 0.255 e. The molecule has 1 amide bonds. The summed E-state index contributed by atoms with van der Waals surface area (Å²) in [6.07, 6.45) is 6.41. The van der Waals surface area contributed by atoms with Gasteiger partial charge in [-0.1, -0.05) is 12.8 Å². The van der Waals surface area contributed by atoms with Crippen molar-refractivity contribution in [3.63, 3.8) is 0 Å². The zero-order chi connectivity index (χ0) is 12.3. The lowest BCUT2D eigenvalue weighted by molar-refractivity contribution is 0.0923. The molecule has 0 saturated heterocycles. The molecule has 0 aromatic carbocycles. The Bertz CT molecular complexity index is 382. The van der Waals surface area contributed by atoms with Gasteiger partial charge in [0.05, 0.1) is 11.8 Å². The monoisotopic (exact) mass is 236 g/mol. The second-order valence-electron chi connectivity index (χ2n) is 4.77. The number of aromatic amines is 1. The summed E-state index contributed by atoms with van der Waals surface area (Å²) in [5, 5.41) is 9.65. The van der Waals surface area contributed by atoms with Crippen molar-refractivity contribution in [2.24, 2.45) is 11.7 Å². The Kier molecular flexibility index (Phi) is 3.78. The molecule has 0 aliphatic heterocycles. The molecule has 1 atom stereocenters. The molecule has 1 unspecified atom stereocenters. The van der Waals surface area contributed by atoms with E-state index >= 15 is 0 Å². The first kappa shape index (κ1) is 12.1. The van der Waals surface area contributed by atoms with Crippen LogP contribution < -0.4 is 11.1 Å². The van der Waals surface area contributed by atoms with Crippen LogP contribution in [0.2, 0.25) is 0 Å². The van der Waals surface area contributed by atoms with Crippen LogP contribution in [0.4, 0.5) is 0 Å². The van der Waals surface area contributed by atoms with Crippen LogP contribution in [0.5, 0.6) is 0 Å². The maximum atomic E-state index is 12.0. The van der Waals surface area contributed by atoms with Gasteiger partial charge in [-0.25, -0.2) is 0 Å². The average Bonchev–Trinajstić information content (AvgIpc) is 2.96. The number of H-pyrrole nitrogens is 1. The molecule has 1 heterocycles. The number of aromatic nitrogens is 2. The van der Waals surface area contributed by atoms with Crippen LogP contribution in [0, 0.1) is 12.8 Å². The molecule has 2 rings (SSSR count). The van der Waals surface area contributed by atoms with E-state index in [2.05, 4.69) is 15.5 Å². The predicted octanol–water partition coefficient (Wildman–Crippen LogP) is 0.965. The number of hydrogen-bond acceptors (Lipinski definition) is 3. The summed E-state index contributed by atoms with van der Waals surface area (Å²) in [5.74, 6) is 0.467. The second kappa shape index (κ2) is 5.31. The fourth-order valence-corrected chi connectivity index (χ4v) is 2.55. The maximum Gasteiger partial charge on any atom is 0.255 e. The molecule has 5 heteroatoms. The number of carbonyl (C=O) groups excluding carboxylic acids is 1. The van der Waals surface area contributed by atoms with Gasteiger partial charge in [0.15, 0.2) is 0 Å². The van der Waals surface area contributed by atoms with Crippen LogP contribution in [0.1, 0.15) is 41.7 Å². The van der Waals surface area contributed by atoms with Crippen molar-refractivity contribution in [1.82, 2.24) is 15.5 Å². The topological polar surface area (TPSA) is 83.8 Å². The third kappa shape index (κ3) is 2.66. The van der Waals surface area contributed by atoms with Crippen LogP contribution in [-0.2, 0) is 0 Å². The van der Waals surface area contributed by atoms with Gasteiger partial charge in [-0.15, -0.1) is 0 Å². The minimum Gasteiger partial charge on any atom is -0.348 e. The predicted molar refractivity (Wildman–Crippen MR) is 65.6 cm³/mol. The molecule has 0 bridgehead atoms. The molecule has 5 nitrogen and oxygen atoms in total. The van der Waals surface area contributed by atoms with E-state index in [1.165, 1.54) is 25.7 Å². The first-order chi connectivity index (χ1) is 8.22. The summed E-state index contributed by atoms with van der Waals surface area (Å²) in [6, 6.07) is 0.0966. The Labute approximate surface area is 101 Å². The molecule has 1 aliphatic carbocycles. The van der Waals surface area contributed by atoms with Crippen molar-refractivity contribution in [3.8, 4) is 0 Å². The fraction of sp³-hybridized carbons (Fsp3) is 0.667. The van der Waals surface area contributed by atoms with Crippen LogP contribution in [0.25, 0.3) is 0 Å². The van der Waals surface area contributed by atoms with E-state index in [0.29, 0.717) is 18.0 Å². The molecule has 17 heavy (non-hydrogen) atoms. The molecule has 1 aromatic rings. The molecule has 1 aliphatic rings. The van der Waals surface area contributed by atoms with Crippen LogP contribution in [0.3, 0.4) is 0 Å². The van der Waals surface area contributed by atoms with Gasteiger partial charge in [0.1, 0.15) is 0 Å². The lowest BCUT2D eigenvalue weighted by Gasteiger charge is -2.22. The zero-order valence-corrected chi connectivity index (χ0v) is 10.2. The SMILES string of the molecule is Cc1[nH]ncc1C(=O)NC(CN)C1CCCC1. The van der Waals surface area contributed by atoms with Gasteiger partial charge in [0, 0.05) is 18.3 Å². The highest BCUT2D eigenvalue weighted by molar-refractivity contribution is 5.95. The number of rotatable bonds is 4. The van der Waals surface area contributed by atoms with Gasteiger partial charge in [-0.05, 0) is 25.7 Å². The van der Waals surface area contributed by atoms with Gasteiger partial charge < -0.3 is 11.1 Å². The van der Waals surface area contributed by atoms with Crippen molar-refractivity contribution >= 4 is 5.91 Å². The highest BCUT2D eigenvalue weighted by Crippen LogP contribution is 2.27. The van der Waals surface area contributed by atoms with Crippen LogP contribution >= 0.6 is 0 Å². The minimum absolute atomic E-state index is 0.0707. The van der Waals surface area contributed by atoms with E-state index < -0.39 is 0 Å². The Morgan fingerprint density at radius 3 is 2.88 bits per heavy atom. The fourth-order valence-electron chi connectivity index (χ4n) is 2.55. The highest BCUT2D eigenvalue weighted by atomic mass is 16.1. The molecular weight excluding hydrogens is 216 g/mol. The Balaban J connectivity index is 1.99. The largest absolute Gasteiger partial charge is 0.348 e. The summed E-state index contributed by atoms with van der Waals surface area (Å²) in [7, 11) is 0. The molecule has 4 N–H and O–H groups in total. The van der Waals surface area contributed by atoms with Crippen LogP contribution in [-0.4, -0.2) is 28.7 Å². The summed E-state index contributed by atoms with van der Waals surface area (Å²) < 4.78 is 0. The van der Waals surface area contributed by atoms with Crippen molar-refractivity contribution in [3.05, 3.63) is 17.5 Å². The molecule has 1 fully saturated rings. The van der Waals surface area contributed by atoms with E-state index in [1.807, 2.05) is 6.92 Å². The standard InChI is InChI=1S/C12H20N4O/c1-8-10(7-14-16-8)12(17)15-11(6-13)9-4-2-3-5-9/h7,9,11H,2-6,13H2,1H3,(H,14,16)(H,15,17). The summed E-state index contributed by atoms with van der Waals surface area (Å²) in [6.45, 7) is 2.35. The number of amides is 1. The number of nitrogens with two attached hydrogens (primary N) is 1. The van der Waals surface area contributed by atoms with E-state index in [9.17, 15) is 4.79 Å². The van der Waals surface area contributed by atoms with Crippen molar-refractivity contribution < 1.29 is 4.79 Å². The van der Waals surface area contributed by atoms with E-state index in [-0.39, 0.29) is 11.9 Å². The van der Waals surface area contributed by atoms with Crippen molar-refractivity contribution in [2.45, 2.75) is 38.6 Å². The van der Waals surface area contributed by atoms with Gasteiger partial charge >= 0.3 is 0 Å². The van der Waals surface area contributed by atoms with E-state index in [4.69, 9.17) is 5.73 Å². The molecular formula is C12H20N4O. The zero-order valence-electron chi connectivity index (χ0n) is 10.2. The number of nitrogens with one attached hydrogen (secondary N) is 2. The minimum atomic E-state index is -0.0707. The Morgan fingerprint density at radius 2 is 2.35 bits per heavy atom. The third-order valence-electron chi connectivity index (χ3n) is 3.61. The van der Waals surface area contributed by atoms with Gasteiger partial charge in [-0.3, -0.25) is 9.89 Å². The van der Waals surface area contributed by atoms with Gasteiger partial charge in [-0.2, -0.15) is 5.10 Å². The van der Waals surface area contributed by atoms with Crippen molar-refractivity contribution in [2.75, 3.05) is 6.54 Å². The van der Waals surface area contributed by atoms with E-state index in [0.717, 1.165) is 5.69 Å². The average molecular weight is 236 g/mol. The molecule has 1 saturated carbocycles. The van der Waals surface area contributed by atoms with Gasteiger partial charge in [0.25, 0.3) is 5.91 Å². The summed E-state index contributed by atoms with van der Waals surface area (Å²) in [4.78, 5) is 12.0. The third-order valence-corrected chi connectivity index (χ3v) is 3.61. The molecule has 94 valence electrons. The number of hydrogen-bond donors (Lipinski definition) is 3.